The zero-order chi connectivity index (χ0) is 21.2. The molecule has 28 heavy (non-hydrogen) atoms. The number of halogens is 3. The molecule has 0 saturated heterocycles. The van der Waals surface area contributed by atoms with Crippen molar-refractivity contribution < 1.29 is 26.4 Å². The Bertz CT molecular complexity index is 796. The van der Waals surface area contributed by atoms with E-state index in [4.69, 9.17) is 0 Å². The van der Waals surface area contributed by atoms with E-state index in [0.29, 0.717) is 25.7 Å². The van der Waals surface area contributed by atoms with E-state index >= 15 is 0 Å². The zero-order valence-corrected chi connectivity index (χ0v) is 16.9. The van der Waals surface area contributed by atoms with Gasteiger partial charge in [-0.25, -0.2) is 13.1 Å². The van der Waals surface area contributed by atoms with Crippen LogP contribution in [0.3, 0.4) is 0 Å². The number of rotatable bonds is 5. The van der Waals surface area contributed by atoms with Gasteiger partial charge in [0.15, 0.2) is 0 Å². The quantitative estimate of drug-likeness (QED) is 0.636. The molecule has 0 atom stereocenters. The molecule has 0 aromatic heterocycles. The van der Waals surface area contributed by atoms with Gasteiger partial charge in [-0.15, -0.1) is 0 Å². The molecular weight excluding hydrogens is 395 g/mol. The molecule has 1 aromatic rings. The number of benzene rings is 1. The second-order valence-corrected chi connectivity index (χ2v) is 10.4. The summed E-state index contributed by atoms with van der Waals surface area (Å²) in [5.41, 5.74) is 4.28. The predicted molar refractivity (Wildman–Crippen MR) is 101 cm³/mol. The Labute approximate surface area is 163 Å². The fourth-order valence-corrected chi connectivity index (χ4v) is 3.91. The van der Waals surface area contributed by atoms with Gasteiger partial charge in [0.1, 0.15) is 0 Å². The van der Waals surface area contributed by atoms with E-state index in [-0.39, 0.29) is 23.6 Å². The Balaban J connectivity index is 1.85. The second kappa shape index (κ2) is 8.28. The minimum absolute atomic E-state index is 0.134. The summed E-state index contributed by atoms with van der Waals surface area (Å²) in [7, 11) is -3.45. The molecule has 1 amide bonds. The van der Waals surface area contributed by atoms with Crippen molar-refractivity contribution >= 4 is 21.6 Å². The van der Waals surface area contributed by atoms with Crippen LogP contribution in [-0.2, 0) is 21.0 Å². The van der Waals surface area contributed by atoms with E-state index in [2.05, 4.69) is 15.6 Å². The van der Waals surface area contributed by atoms with Crippen LogP contribution >= 0.6 is 0 Å². The van der Waals surface area contributed by atoms with Crippen LogP contribution in [-0.4, -0.2) is 25.1 Å². The average molecular weight is 421 g/mol. The van der Waals surface area contributed by atoms with Crippen molar-refractivity contribution in [1.82, 2.24) is 10.1 Å². The minimum atomic E-state index is -4.46. The number of hydrazine groups is 1. The lowest BCUT2D eigenvalue weighted by Gasteiger charge is -2.30. The molecule has 0 aliphatic heterocycles. The normalized spacial score (nSPS) is 21.2. The summed E-state index contributed by atoms with van der Waals surface area (Å²) in [4.78, 5) is 12.3. The van der Waals surface area contributed by atoms with Crippen LogP contribution < -0.4 is 15.6 Å². The highest BCUT2D eigenvalue weighted by molar-refractivity contribution is 7.90. The van der Waals surface area contributed by atoms with Gasteiger partial charge in [0.25, 0.3) is 0 Å². The number of anilines is 1. The SMILES string of the molecule is CC(C)(C)S(=O)(=O)N[C@H]1CC[C@H](C(=O)NNc2cccc(C(F)(F)F)c2)CC1. The van der Waals surface area contributed by atoms with Crippen molar-refractivity contribution in [3.05, 3.63) is 29.8 Å². The number of alkyl halides is 3. The molecule has 1 saturated carbocycles. The monoisotopic (exact) mass is 421 g/mol. The molecule has 0 spiro atoms. The maximum atomic E-state index is 12.7. The van der Waals surface area contributed by atoms with Crippen molar-refractivity contribution in [2.75, 3.05) is 5.43 Å². The standard InChI is InChI=1S/C18H26F3N3O3S/c1-17(2,3)28(26,27)24-14-9-7-12(8-10-14)16(25)23-22-15-6-4-5-13(11-15)18(19,20)21/h4-6,11-12,14,22,24H,7-10H2,1-3H3,(H,23,25)/t12-,14-. The highest BCUT2D eigenvalue weighted by Gasteiger charge is 2.34. The minimum Gasteiger partial charge on any atom is -0.299 e. The summed E-state index contributed by atoms with van der Waals surface area (Å²) in [6.45, 7) is 4.86. The molecule has 3 N–H and O–H groups in total. The number of hydrogen-bond acceptors (Lipinski definition) is 4. The number of carbonyl (C=O) groups is 1. The Morgan fingerprint density at radius 3 is 2.21 bits per heavy atom. The molecule has 158 valence electrons. The highest BCUT2D eigenvalue weighted by Crippen LogP contribution is 2.30. The van der Waals surface area contributed by atoms with E-state index in [9.17, 15) is 26.4 Å². The predicted octanol–water partition coefficient (Wildman–Crippen LogP) is 3.43. The van der Waals surface area contributed by atoms with Gasteiger partial charge in [-0.05, 0) is 64.7 Å². The summed E-state index contributed by atoms with van der Waals surface area (Å²) in [5, 5.41) is 0. The topological polar surface area (TPSA) is 87.3 Å². The third kappa shape index (κ3) is 5.84. The van der Waals surface area contributed by atoms with Crippen molar-refractivity contribution in [2.45, 2.75) is 63.4 Å². The second-order valence-electron chi connectivity index (χ2n) is 7.98. The maximum Gasteiger partial charge on any atom is 0.416 e. The van der Waals surface area contributed by atoms with Gasteiger partial charge in [0.05, 0.1) is 16.0 Å². The van der Waals surface area contributed by atoms with E-state index < -0.39 is 26.5 Å². The van der Waals surface area contributed by atoms with E-state index in [1.807, 2.05) is 0 Å². The number of amides is 1. The molecule has 1 aliphatic carbocycles. The van der Waals surface area contributed by atoms with Gasteiger partial charge in [-0.1, -0.05) is 6.07 Å². The van der Waals surface area contributed by atoms with Crippen LogP contribution in [0.5, 0.6) is 0 Å². The van der Waals surface area contributed by atoms with Gasteiger partial charge in [-0.3, -0.25) is 15.6 Å². The molecular formula is C18H26F3N3O3S. The molecule has 0 radical (unpaired) electrons. The summed E-state index contributed by atoms with van der Waals surface area (Å²) >= 11 is 0. The number of sulfonamides is 1. The van der Waals surface area contributed by atoms with Gasteiger partial charge in [0, 0.05) is 12.0 Å². The lowest BCUT2D eigenvalue weighted by molar-refractivity contribution is -0.137. The van der Waals surface area contributed by atoms with Crippen LogP contribution in [0.25, 0.3) is 0 Å². The lowest BCUT2D eigenvalue weighted by atomic mass is 9.86. The third-order valence-electron chi connectivity index (χ3n) is 4.75. The largest absolute Gasteiger partial charge is 0.416 e. The van der Waals surface area contributed by atoms with Crippen LogP contribution in [0, 0.1) is 5.92 Å². The van der Waals surface area contributed by atoms with Gasteiger partial charge in [-0.2, -0.15) is 13.2 Å². The molecule has 1 fully saturated rings. The fraction of sp³-hybridized carbons (Fsp3) is 0.611. The third-order valence-corrected chi connectivity index (χ3v) is 7.00. The first kappa shape index (κ1) is 22.5. The van der Waals surface area contributed by atoms with Crippen LogP contribution in [0.2, 0.25) is 0 Å². The summed E-state index contributed by atoms with van der Waals surface area (Å²) in [5.74, 6) is -0.650. The van der Waals surface area contributed by atoms with Crippen molar-refractivity contribution in [2.24, 2.45) is 5.92 Å². The smallest absolute Gasteiger partial charge is 0.299 e. The van der Waals surface area contributed by atoms with Crippen molar-refractivity contribution in [1.29, 1.82) is 0 Å². The van der Waals surface area contributed by atoms with Gasteiger partial charge >= 0.3 is 6.18 Å². The molecule has 6 nitrogen and oxygen atoms in total. The van der Waals surface area contributed by atoms with E-state index in [1.54, 1.807) is 20.8 Å². The molecule has 1 aromatic carbocycles. The van der Waals surface area contributed by atoms with Crippen LogP contribution in [0.15, 0.2) is 24.3 Å². The zero-order valence-electron chi connectivity index (χ0n) is 16.1. The molecule has 2 rings (SSSR count). The highest BCUT2D eigenvalue weighted by atomic mass is 32.2. The molecule has 0 unspecified atom stereocenters. The first-order chi connectivity index (χ1) is 12.8. The first-order valence-electron chi connectivity index (χ1n) is 9.04. The lowest BCUT2D eigenvalue weighted by Crippen LogP contribution is -2.47. The van der Waals surface area contributed by atoms with E-state index in [1.165, 1.54) is 12.1 Å². The Morgan fingerprint density at radius 1 is 1.07 bits per heavy atom. The Kier molecular flexibility index (Phi) is 6.65. The maximum absolute atomic E-state index is 12.7. The molecule has 0 heterocycles. The van der Waals surface area contributed by atoms with Gasteiger partial charge < -0.3 is 0 Å². The number of hydrogen-bond donors (Lipinski definition) is 3. The molecule has 1 aliphatic rings. The Morgan fingerprint density at radius 2 is 1.68 bits per heavy atom. The van der Waals surface area contributed by atoms with Crippen molar-refractivity contribution in [3.63, 3.8) is 0 Å². The first-order valence-corrected chi connectivity index (χ1v) is 10.5. The van der Waals surface area contributed by atoms with Crippen LogP contribution in [0.4, 0.5) is 18.9 Å². The Hall–Kier alpha value is -1.81. The average Bonchev–Trinajstić information content (AvgIpc) is 2.58. The van der Waals surface area contributed by atoms with Gasteiger partial charge in [0.2, 0.25) is 15.9 Å². The molecule has 10 heteroatoms. The summed E-state index contributed by atoms with van der Waals surface area (Å²) in [6.07, 6.45) is -2.42. The summed E-state index contributed by atoms with van der Waals surface area (Å²) < 4.78 is 64.4. The summed E-state index contributed by atoms with van der Waals surface area (Å²) in [6, 6.07) is 4.33. The fourth-order valence-electron chi connectivity index (χ4n) is 2.88. The van der Waals surface area contributed by atoms with E-state index in [0.717, 1.165) is 12.1 Å². The van der Waals surface area contributed by atoms with Crippen molar-refractivity contribution in [3.8, 4) is 0 Å². The molecule has 0 bridgehead atoms. The number of carbonyl (C=O) groups excluding carboxylic acids is 1. The number of nitrogens with one attached hydrogen (secondary N) is 3. The van der Waals surface area contributed by atoms with Crippen LogP contribution in [0.1, 0.15) is 52.0 Å².